The number of amides is 1. The fourth-order valence-corrected chi connectivity index (χ4v) is 6.18. The number of alkyl halides is 3. The minimum atomic E-state index is -4.36. The molecule has 0 saturated carbocycles. The van der Waals surface area contributed by atoms with E-state index in [0.717, 1.165) is 45.2 Å². The van der Waals surface area contributed by atoms with Crippen molar-refractivity contribution in [3.05, 3.63) is 95.6 Å². The Labute approximate surface area is 244 Å². The van der Waals surface area contributed by atoms with Gasteiger partial charge in [0.05, 0.1) is 5.56 Å². The van der Waals surface area contributed by atoms with Gasteiger partial charge in [0, 0.05) is 81.9 Å². The second-order valence-electron chi connectivity index (χ2n) is 11.2. The maximum Gasteiger partial charge on any atom is 0.416 e. The molecule has 5 rings (SSSR count). The first-order valence-electron chi connectivity index (χ1n) is 14.5. The van der Waals surface area contributed by atoms with Crippen molar-refractivity contribution in [2.45, 2.75) is 44.6 Å². The second kappa shape index (κ2) is 13.6. The Morgan fingerprint density at radius 2 is 1.71 bits per heavy atom. The highest BCUT2D eigenvalue weighted by Crippen LogP contribution is 2.33. The van der Waals surface area contributed by atoms with Gasteiger partial charge in [0.25, 0.3) is 0 Å². The van der Waals surface area contributed by atoms with Gasteiger partial charge in [-0.25, -0.2) is 4.39 Å². The van der Waals surface area contributed by atoms with Crippen molar-refractivity contribution in [1.82, 2.24) is 20.1 Å². The zero-order chi connectivity index (χ0) is 29.5. The molecule has 1 aromatic heterocycles. The second-order valence-corrected chi connectivity index (χ2v) is 11.2. The van der Waals surface area contributed by atoms with Crippen LogP contribution in [-0.2, 0) is 24.1 Å². The van der Waals surface area contributed by atoms with E-state index < -0.39 is 11.7 Å². The molecule has 6 nitrogen and oxygen atoms in total. The number of carbonyl (C=O) groups excluding carboxylic acids is 1. The molecule has 1 amide bonds. The first-order valence-corrected chi connectivity index (χ1v) is 14.5. The lowest BCUT2D eigenvalue weighted by molar-refractivity contribution is -0.137. The molecule has 0 radical (unpaired) electrons. The number of hydrogen-bond donors (Lipinski definition) is 1. The first kappa shape index (κ1) is 30.0. The van der Waals surface area contributed by atoms with Gasteiger partial charge in [-0.15, -0.1) is 0 Å². The maximum atomic E-state index is 14.0. The minimum absolute atomic E-state index is 0.0994. The van der Waals surface area contributed by atoms with Gasteiger partial charge in [-0.05, 0) is 67.3 Å². The number of pyridine rings is 1. The number of piperidine rings is 1. The van der Waals surface area contributed by atoms with E-state index in [4.69, 9.17) is 0 Å². The van der Waals surface area contributed by atoms with Crippen LogP contribution in [0.1, 0.15) is 36.0 Å². The fraction of sp³-hybridized carbons (Fsp3) is 0.438. The number of anilines is 1. The standard InChI is InChI=1S/C32H37F4N5O/c33-29-7-2-1-4-25(29)21-38-31(42)9-8-26-23-39(22-24-10-13-37-14-11-24)15-12-30(26)41-18-16-40(17-19-41)28-6-3-5-27(20-28)32(34,35)36/h1-7,10-11,13-14,20,26,30H,8-9,12,15-19,21-23H2,(H,38,42)/t26-,30+/m0/s1. The van der Waals surface area contributed by atoms with Gasteiger partial charge in [-0.1, -0.05) is 24.3 Å². The summed E-state index contributed by atoms with van der Waals surface area (Å²) < 4.78 is 53.7. The van der Waals surface area contributed by atoms with E-state index in [1.54, 1.807) is 36.7 Å². The van der Waals surface area contributed by atoms with Crippen molar-refractivity contribution in [3.8, 4) is 0 Å². The summed E-state index contributed by atoms with van der Waals surface area (Å²) in [4.78, 5) is 23.8. The van der Waals surface area contributed by atoms with Crippen molar-refractivity contribution < 1.29 is 22.4 Å². The smallest absolute Gasteiger partial charge is 0.369 e. The number of benzene rings is 2. The Bertz CT molecular complexity index is 1310. The molecular formula is C32H37F4N5O. The van der Waals surface area contributed by atoms with Gasteiger partial charge in [0.2, 0.25) is 5.91 Å². The number of nitrogens with one attached hydrogen (secondary N) is 1. The Morgan fingerprint density at radius 3 is 2.45 bits per heavy atom. The molecule has 10 heteroatoms. The third-order valence-electron chi connectivity index (χ3n) is 8.43. The molecule has 3 heterocycles. The van der Waals surface area contributed by atoms with Gasteiger partial charge < -0.3 is 10.2 Å². The van der Waals surface area contributed by atoms with Crippen molar-refractivity contribution >= 4 is 11.6 Å². The summed E-state index contributed by atoms with van der Waals surface area (Å²) in [6.45, 7) is 5.54. The highest BCUT2D eigenvalue weighted by Gasteiger charge is 2.35. The number of rotatable bonds is 9. The Morgan fingerprint density at radius 1 is 0.952 bits per heavy atom. The molecule has 42 heavy (non-hydrogen) atoms. The van der Waals surface area contributed by atoms with Crippen LogP contribution in [-0.4, -0.2) is 66.0 Å². The van der Waals surface area contributed by atoms with Crippen LogP contribution in [0.5, 0.6) is 0 Å². The highest BCUT2D eigenvalue weighted by atomic mass is 19.4. The largest absolute Gasteiger partial charge is 0.416 e. The summed E-state index contributed by atoms with van der Waals surface area (Å²) in [6.07, 6.45) is 1.23. The van der Waals surface area contributed by atoms with E-state index in [9.17, 15) is 22.4 Å². The molecule has 2 atom stereocenters. The Balaban J connectivity index is 1.20. The monoisotopic (exact) mass is 583 g/mol. The normalized spacial score (nSPS) is 20.4. The van der Waals surface area contributed by atoms with E-state index >= 15 is 0 Å². The van der Waals surface area contributed by atoms with Crippen LogP contribution in [0.2, 0.25) is 0 Å². The molecular weight excluding hydrogens is 546 g/mol. The zero-order valence-corrected chi connectivity index (χ0v) is 23.6. The molecule has 2 saturated heterocycles. The average molecular weight is 584 g/mol. The SMILES string of the molecule is O=C(CC[C@H]1CN(Cc2ccncc2)CC[C@H]1N1CCN(c2cccc(C(F)(F)F)c2)CC1)NCc1ccccc1F. The molecule has 0 bridgehead atoms. The van der Waals surface area contributed by atoms with Gasteiger partial charge in [-0.3, -0.25) is 19.6 Å². The molecule has 1 N–H and O–H groups in total. The number of likely N-dealkylation sites (tertiary alicyclic amines) is 1. The summed E-state index contributed by atoms with van der Waals surface area (Å²) in [6, 6.07) is 16.3. The van der Waals surface area contributed by atoms with E-state index in [-0.39, 0.29) is 30.2 Å². The van der Waals surface area contributed by atoms with Crippen molar-refractivity contribution in [1.29, 1.82) is 0 Å². The lowest BCUT2D eigenvalue weighted by Crippen LogP contribution is -2.56. The van der Waals surface area contributed by atoms with Gasteiger partial charge in [-0.2, -0.15) is 13.2 Å². The number of carbonyl (C=O) groups is 1. The molecule has 2 fully saturated rings. The summed E-state index contributed by atoms with van der Waals surface area (Å²) in [5.74, 6) is -0.182. The van der Waals surface area contributed by atoms with Gasteiger partial charge in [0.1, 0.15) is 5.82 Å². The predicted octanol–water partition coefficient (Wildman–Crippen LogP) is 5.35. The van der Waals surface area contributed by atoms with Crippen LogP contribution in [0.15, 0.2) is 73.1 Å². The van der Waals surface area contributed by atoms with Gasteiger partial charge in [0.15, 0.2) is 0 Å². The van der Waals surface area contributed by atoms with E-state index in [1.165, 1.54) is 23.8 Å². The lowest BCUT2D eigenvalue weighted by Gasteiger charge is -2.47. The summed E-state index contributed by atoms with van der Waals surface area (Å²) in [5.41, 5.74) is 1.63. The number of piperazine rings is 1. The van der Waals surface area contributed by atoms with E-state index in [0.29, 0.717) is 37.2 Å². The number of halogens is 4. The molecule has 0 unspecified atom stereocenters. The van der Waals surface area contributed by atoms with Crippen molar-refractivity contribution in [2.75, 3.05) is 44.2 Å². The summed E-state index contributed by atoms with van der Waals surface area (Å²) in [7, 11) is 0. The number of aromatic nitrogens is 1. The first-order chi connectivity index (χ1) is 20.3. The van der Waals surface area contributed by atoms with E-state index in [2.05, 4.69) is 20.1 Å². The van der Waals surface area contributed by atoms with Crippen LogP contribution in [0.4, 0.5) is 23.2 Å². The Kier molecular flexibility index (Phi) is 9.74. The molecule has 2 aliphatic rings. The van der Waals surface area contributed by atoms with Crippen LogP contribution >= 0.6 is 0 Å². The van der Waals surface area contributed by atoms with Crippen LogP contribution in [0.3, 0.4) is 0 Å². The third-order valence-corrected chi connectivity index (χ3v) is 8.43. The quantitative estimate of drug-likeness (QED) is 0.345. The van der Waals surface area contributed by atoms with Crippen LogP contribution < -0.4 is 10.2 Å². The average Bonchev–Trinajstić information content (AvgIpc) is 3.00. The highest BCUT2D eigenvalue weighted by molar-refractivity contribution is 5.75. The van der Waals surface area contributed by atoms with Crippen molar-refractivity contribution in [3.63, 3.8) is 0 Å². The topological polar surface area (TPSA) is 51.7 Å². The summed E-state index contributed by atoms with van der Waals surface area (Å²) >= 11 is 0. The van der Waals surface area contributed by atoms with Gasteiger partial charge >= 0.3 is 6.18 Å². The third kappa shape index (κ3) is 7.86. The molecule has 224 valence electrons. The molecule has 2 aromatic carbocycles. The molecule has 2 aliphatic heterocycles. The summed E-state index contributed by atoms with van der Waals surface area (Å²) in [5, 5.41) is 2.86. The zero-order valence-electron chi connectivity index (χ0n) is 23.6. The fourth-order valence-electron chi connectivity index (χ4n) is 6.18. The van der Waals surface area contributed by atoms with E-state index in [1.807, 2.05) is 17.0 Å². The predicted molar refractivity (Wildman–Crippen MR) is 154 cm³/mol. The Hall–Kier alpha value is -3.50. The molecule has 3 aromatic rings. The molecule has 0 spiro atoms. The minimum Gasteiger partial charge on any atom is -0.369 e. The lowest BCUT2D eigenvalue weighted by atomic mass is 9.86. The van der Waals surface area contributed by atoms with Crippen LogP contribution in [0, 0.1) is 11.7 Å². The molecule has 0 aliphatic carbocycles. The van der Waals surface area contributed by atoms with Crippen LogP contribution in [0.25, 0.3) is 0 Å². The number of nitrogens with zero attached hydrogens (tertiary/aromatic N) is 4. The maximum absolute atomic E-state index is 14.0. The number of hydrogen-bond acceptors (Lipinski definition) is 5. The van der Waals surface area contributed by atoms with Crippen molar-refractivity contribution in [2.24, 2.45) is 5.92 Å².